The van der Waals surface area contributed by atoms with Crippen molar-refractivity contribution in [2.75, 3.05) is 18.0 Å². The van der Waals surface area contributed by atoms with Crippen molar-refractivity contribution in [3.8, 4) is 0 Å². The van der Waals surface area contributed by atoms with Crippen molar-refractivity contribution < 1.29 is 0 Å². The molecule has 1 saturated carbocycles. The van der Waals surface area contributed by atoms with Gasteiger partial charge >= 0.3 is 0 Å². The topological polar surface area (TPSA) is 29.0 Å². The number of hydrogen-bond donors (Lipinski definition) is 0. The Morgan fingerprint density at radius 1 is 1.00 bits per heavy atom. The van der Waals surface area contributed by atoms with Gasteiger partial charge in [0.15, 0.2) is 0 Å². The van der Waals surface area contributed by atoms with Crippen LogP contribution in [0.1, 0.15) is 32.1 Å². The molecule has 4 rings (SSSR count). The first-order chi connectivity index (χ1) is 10.3. The van der Waals surface area contributed by atoms with E-state index in [2.05, 4.69) is 27.0 Å². The molecule has 2 fully saturated rings. The zero-order valence-electron chi connectivity index (χ0n) is 12.1. The highest BCUT2D eigenvalue weighted by atomic mass is 35.5. The first-order valence-electron chi connectivity index (χ1n) is 7.98. The van der Waals surface area contributed by atoms with E-state index in [1.54, 1.807) is 0 Å². The van der Waals surface area contributed by atoms with E-state index >= 15 is 0 Å². The summed E-state index contributed by atoms with van der Waals surface area (Å²) in [5.74, 6) is 2.79. The molecule has 0 N–H and O–H groups in total. The zero-order valence-corrected chi connectivity index (χ0v) is 12.9. The second-order valence-corrected chi connectivity index (χ2v) is 6.71. The van der Waals surface area contributed by atoms with Crippen LogP contribution >= 0.6 is 11.6 Å². The van der Waals surface area contributed by atoms with Gasteiger partial charge in [0, 0.05) is 18.5 Å². The highest BCUT2D eigenvalue weighted by Crippen LogP contribution is 2.38. The maximum absolute atomic E-state index is 6.13. The number of fused-ring (bicyclic) bond motifs is 2. The van der Waals surface area contributed by atoms with E-state index in [1.807, 2.05) is 12.1 Å². The molecule has 2 unspecified atom stereocenters. The molecular formula is C17H20ClN3. The summed E-state index contributed by atoms with van der Waals surface area (Å²) in [6.45, 7) is 2.22. The maximum atomic E-state index is 6.13. The Morgan fingerprint density at radius 3 is 2.71 bits per heavy atom. The number of halogens is 1. The average Bonchev–Trinajstić information content (AvgIpc) is 2.53. The van der Waals surface area contributed by atoms with Crippen LogP contribution in [0.15, 0.2) is 24.3 Å². The zero-order chi connectivity index (χ0) is 14.2. The minimum atomic E-state index is 0.356. The van der Waals surface area contributed by atoms with Crippen molar-refractivity contribution in [1.82, 2.24) is 9.97 Å². The van der Waals surface area contributed by atoms with Crippen molar-refractivity contribution in [2.45, 2.75) is 32.1 Å². The molecule has 4 heteroatoms. The molecule has 2 heterocycles. The van der Waals surface area contributed by atoms with Crippen molar-refractivity contribution in [3.63, 3.8) is 0 Å². The van der Waals surface area contributed by atoms with Crippen LogP contribution in [0.2, 0.25) is 5.28 Å². The second kappa shape index (κ2) is 5.45. The minimum absolute atomic E-state index is 0.356. The van der Waals surface area contributed by atoms with E-state index in [0.29, 0.717) is 5.28 Å². The summed E-state index contributed by atoms with van der Waals surface area (Å²) >= 11 is 6.13. The summed E-state index contributed by atoms with van der Waals surface area (Å²) in [4.78, 5) is 11.3. The molecule has 2 aromatic rings. The molecule has 0 amide bonds. The normalized spacial score (nSPS) is 25.9. The Hall–Kier alpha value is -1.35. The van der Waals surface area contributed by atoms with Gasteiger partial charge in [0.05, 0.1) is 5.52 Å². The van der Waals surface area contributed by atoms with E-state index in [-0.39, 0.29) is 0 Å². The quantitative estimate of drug-likeness (QED) is 0.735. The fourth-order valence-electron chi connectivity index (χ4n) is 4.07. The lowest BCUT2D eigenvalue weighted by molar-refractivity contribution is 0.202. The number of hydrogen-bond acceptors (Lipinski definition) is 3. The summed E-state index contributed by atoms with van der Waals surface area (Å²) in [6, 6.07) is 8.17. The smallest absolute Gasteiger partial charge is 0.224 e. The van der Waals surface area contributed by atoms with E-state index in [0.717, 1.165) is 41.6 Å². The molecule has 0 spiro atoms. The lowest BCUT2D eigenvalue weighted by Crippen LogP contribution is -2.42. The van der Waals surface area contributed by atoms with E-state index in [1.165, 1.54) is 32.1 Å². The van der Waals surface area contributed by atoms with Crippen LogP contribution in [0.4, 0.5) is 5.82 Å². The van der Waals surface area contributed by atoms with Crippen LogP contribution in [0, 0.1) is 11.8 Å². The second-order valence-electron chi connectivity index (χ2n) is 6.37. The third-order valence-corrected chi connectivity index (χ3v) is 5.32. The van der Waals surface area contributed by atoms with E-state index in [4.69, 9.17) is 11.6 Å². The molecule has 2 aliphatic rings. The summed E-state index contributed by atoms with van der Waals surface area (Å²) < 4.78 is 0. The van der Waals surface area contributed by atoms with Crippen LogP contribution in [0.3, 0.4) is 0 Å². The van der Waals surface area contributed by atoms with Crippen LogP contribution in [0.25, 0.3) is 10.9 Å². The average molecular weight is 302 g/mol. The SMILES string of the molecule is Clc1nc(N2CCC3CCCCC3C2)c2ccccc2n1. The van der Waals surface area contributed by atoms with Crippen LogP contribution in [-0.2, 0) is 0 Å². The lowest BCUT2D eigenvalue weighted by atomic mass is 9.75. The van der Waals surface area contributed by atoms with Crippen LogP contribution in [-0.4, -0.2) is 23.1 Å². The number of piperidine rings is 1. The summed E-state index contributed by atoms with van der Waals surface area (Å²) in [5.41, 5.74) is 0.943. The van der Waals surface area contributed by atoms with Crippen LogP contribution < -0.4 is 4.90 Å². The van der Waals surface area contributed by atoms with Gasteiger partial charge < -0.3 is 4.90 Å². The molecule has 1 aliphatic carbocycles. The standard InChI is InChI=1S/C17H20ClN3/c18-17-19-15-8-4-3-7-14(15)16(20-17)21-10-9-12-5-1-2-6-13(12)11-21/h3-4,7-8,12-13H,1-2,5-6,9-11H2. The Kier molecular flexibility index (Phi) is 3.46. The van der Waals surface area contributed by atoms with Crippen molar-refractivity contribution in [3.05, 3.63) is 29.5 Å². The lowest BCUT2D eigenvalue weighted by Gasteiger charge is -2.42. The van der Waals surface area contributed by atoms with Gasteiger partial charge in [-0.1, -0.05) is 31.4 Å². The molecule has 2 atom stereocenters. The molecule has 21 heavy (non-hydrogen) atoms. The molecule has 3 nitrogen and oxygen atoms in total. The molecule has 0 radical (unpaired) electrons. The predicted octanol–water partition coefficient (Wildman–Crippen LogP) is 4.30. The fraction of sp³-hybridized carbons (Fsp3) is 0.529. The number of benzene rings is 1. The molecule has 1 aromatic heterocycles. The predicted molar refractivity (Wildman–Crippen MR) is 86.8 cm³/mol. The van der Waals surface area contributed by atoms with Gasteiger partial charge in [0.2, 0.25) is 5.28 Å². The molecule has 0 bridgehead atoms. The Labute approximate surface area is 130 Å². The van der Waals surface area contributed by atoms with Crippen LogP contribution in [0.5, 0.6) is 0 Å². The van der Waals surface area contributed by atoms with Gasteiger partial charge in [-0.2, -0.15) is 4.98 Å². The van der Waals surface area contributed by atoms with E-state index in [9.17, 15) is 0 Å². The summed E-state index contributed by atoms with van der Waals surface area (Å²) in [5, 5.41) is 1.48. The number of aromatic nitrogens is 2. The van der Waals surface area contributed by atoms with Gasteiger partial charge in [0.25, 0.3) is 0 Å². The fourth-order valence-corrected chi connectivity index (χ4v) is 4.24. The van der Waals surface area contributed by atoms with Gasteiger partial charge in [-0.25, -0.2) is 4.98 Å². The van der Waals surface area contributed by atoms with Crippen molar-refractivity contribution in [1.29, 1.82) is 0 Å². The Balaban J connectivity index is 1.70. The molecule has 110 valence electrons. The van der Waals surface area contributed by atoms with Gasteiger partial charge in [-0.15, -0.1) is 0 Å². The summed E-state index contributed by atoms with van der Waals surface area (Å²) in [6.07, 6.45) is 6.89. The van der Waals surface area contributed by atoms with Crippen molar-refractivity contribution in [2.24, 2.45) is 11.8 Å². The van der Waals surface area contributed by atoms with Crippen molar-refractivity contribution >= 4 is 28.3 Å². The maximum Gasteiger partial charge on any atom is 0.224 e. The van der Waals surface area contributed by atoms with E-state index < -0.39 is 0 Å². The highest BCUT2D eigenvalue weighted by Gasteiger charge is 2.32. The third kappa shape index (κ3) is 2.48. The number of para-hydroxylation sites is 1. The Bertz CT molecular complexity index is 658. The summed E-state index contributed by atoms with van der Waals surface area (Å²) in [7, 11) is 0. The molecular weight excluding hydrogens is 282 g/mol. The largest absolute Gasteiger partial charge is 0.356 e. The molecule has 1 aliphatic heterocycles. The first-order valence-corrected chi connectivity index (χ1v) is 8.36. The third-order valence-electron chi connectivity index (χ3n) is 5.15. The van der Waals surface area contributed by atoms with Gasteiger partial charge in [0.1, 0.15) is 5.82 Å². The monoisotopic (exact) mass is 301 g/mol. The first kappa shape index (κ1) is 13.3. The number of rotatable bonds is 1. The van der Waals surface area contributed by atoms with Gasteiger partial charge in [-0.3, -0.25) is 0 Å². The minimum Gasteiger partial charge on any atom is -0.356 e. The number of nitrogens with zero attached hydrogens (tertiary/aromatic N) is 3. The van der Waals surface area contributed by atoms with Gasteiger partial charge in [-0.05, 0) is 48.4 Å². The molecule has 1 saturated heterocycles. The molecule has 1 aromatic carbocycles. The Morgan fingerprint density at radius 2 is 1.81 bits per heavy atom. The number of anilines is 1. The highest BCUT2D eigenvalue weighted by molar-refractivity contribution is 6.28.